The zero-order valence-corrected chi connectivity index (χ0v) is 17.5. The topological polar surface area (TPSA) is 103 Å². The molecule has 1 unspecified atom stereocenters. The van der Waals surface area contributed by atoms with Gasteiger partial charge in [0.05, 0.1) is 18.1 Å². The molecule has 1 heterocycles. The molecule has 0 saturated heterocycles. The van der Waals surface area contributed by atoms with Crippen molar-refractivity contribution in [3.63, 3.8) is 0 Å². The third-order valence-corrected chi connectivity index (χ3v) is 6.01. The molecule has 1 atom stereocenters. The fourth-order valence-electron chi connectivity index (χ4n) is 2.63. The van der Waals surface area contributed by atoms with Crippen LogP contribution in [0.5, 0.6) is 0 Å². The van der Waals surface area contributed by atoms with Gasteiger partial charge in [-0.05, 0) is 39.0 Å². The van der Waals surface area contributed by atoms with Gasteiger partial charge in [0.1, 0.15) is 6.04 Å². The average Bonchev–Trinajstić information content (AvgIpc) is 2.71. The lowest BCUT2D eigenvalue weighted by Crippen LogP contribution is -2.43. The maximum Gasteiger partial charge on any atom is 0.357 e. The van der Waals surface area contributed by atoms with E-state index in [1.165, 1.54) is 32.4 Å². The lowest BCUT2D eigenvalue weighted by molar-refractivity contribution is -0.144. The number of aromatic nitrogens is 1. The van der Waals surface area contributed by atoms with E-state index in [1.54, 1.807) is 44.2 Å². The molecule has 29 heavy (non-hydrogen) atoms. The number of carbonyl (C=O) groups excluding carboxylic acids is 2. The summed E-state index contributed by atoms with van der Waals surface area (Å²) in [5.74, 6) is -1.39. The van der Waals surface area contributed by atoms with E-state index in [-0.39, 0.29) is 23.2 Å². The van der Waals surface area contributed by atoms with Crippen molar-refractivity contribution in [3.8, 4) is 0 Å². The Kier molecular flexibility index (Phi) is 7.46. The van der Waals surface area contributed by atoms with E-state index in [0.717, 1.165) is 4.31 Å². The van der Waals surface area contributed by atoms with Crippen molar-refractivity contribution in [2.45, 2.75) is 44.4 Å². The third-order valence-electron chi connectivity index (χ3n) is 4.08. The Bertz CT molecular complexity index is 960. The number of rotatable bonds is 8. The number of ether oxygens (including phenoxy) is 2. The lowest BCUT2D eigenvalue weighted by Gasteiger charge is -2.27. The molecular weight excluding hydrogens is 396 g/mol. The van der Waals surface area contributed by atoms with Gasteiger partial charge in [-0.1, -0.05) is 24.3 Å². The van der Waals surface area contributed by atoms with Crippen molar-refractivity contribution < 1.29 is 27.5 Å². The average molecular weight is 420 g/mol. The van der Waals surface area contributed by atoms with Crippen molar-refractivity contribution in [2.75, 3.05) is 7.11 Å². The Morgan fingerprint density at radius 3 is 2.31 bits per heavy atom. The predicted octanol–water partition coefficient (Wildman–Crippen LogP) is 2.40. The highest BCUT2D eigenvalue weighted by molar-refractivity contribution is 7.89. The van der Waals surface area contributed by atoms with E-state index in [1.807, 2.05) is 0 Å². The number of sulfonamides is 1. The lowest BCUT2D eigenvalue weighted by atomic mass is 10.1. The van der Waals surface area contributed by atoms with Crippen molar-refractivity contribution in [2.24, 2.45) is 0 Å². The number of pyridine rings is 1. The first-order valence-electron chi connectivity index (χ1n) is 8.98. The van der Waals surface area contributed by atoms with Gasteiger partial charge in [0.2, 0.25) is 10.0 Å². The van der Waals surface area contributed by atoms with Gasteiger partial charge in [0.25, 0.3) is 0 Å². The van der Waals surface area contributed by atoms with Gasteiger partial charge in [0.15, 0.2) is 5.69 Å². The summed E-state index contributed by atoms with van der Waals surface area (Å²) in [6, 6.07) is 9.76. The molecule has 2 rings (SSSR count). The molecule has 0 saturated carbocycles. The highest BCUT2D eigenvalue weighted by Gasteiger charge is 2.35. The van der Waals surface area contributed by atoms with Crippen molar-refractivity contribution in [3.05, 3.63) is 59.9 Å². The summed E-state index contributed by atoms with van der Waals surface area (Å²) in [6.07, 6.45) is 1.05. The van der Waals surface area contributed by atoms with Gasteiger partial charge in [-0.15, -0.1) is 0 Å². The highest BCUT2D eigenvalue weighted by Crippen LogP contribution is 2.23. The van der Waals surface area contributed by atoms with Gasteiger partial charge < -0.3 is 9.47 Å². The second-order valence-corrected chi connectivity index (χ2v) is 8.42. The minimum Gasteiger partial charge on any atom is -0.468 e. The molecule has 2 aromatic rings. The molecule has 0 bridgehead atoms. The second kappa shape index (κ2) is 9.62. The van der Waals surface area contributed by atoms with E-state index < -0.39 is 28.0 Å². The molecule has 1 aromatic heterocycles. The van der Waals surface area contributed by atoms with E-state index in [2.05, 4.69) is 4.98 Å². The molecule has 0 aliphatic heterocycles. The standard InChI is InChI=1S/C20H24N2O6S/c1-14(2)28-20(24)18-16(9-8-12-21-18)13-22(15(3)19(23)27-4)29(25,26)17-10-6-5-7-11-17/h5-12,14-15H,13H2,1-4H3. The fraction of sp³-hybridized carbons (Fsp3) is 0.350. The first kappa shape index (κ1) is 22.5. The van der Waals surface area contributed by atoms with Crippen LogP contribution in [0.4, 0.5) is 0 Å². The highest BCUT2D eigenvalue weighted by atomic mass is 32.2. The SMILES string of the molecule is COC(=O)C(C)N(Cc1cccnc1C(=O)OC(C)C)S(=O)(=O)c1ccccc1. The molecule has 0 fully saturated rings. The van der Waals surface area contributed by atoms with Crippen molar-refractivity contribution in [1.29, 1.82) is 0 Å². The summed E-state index contributed by atoms with van der Waals surface area (Å²) in [7, 11) is -2.88. The minimum atomic E-state index is -4.07. The Labute approximate surface area is 170 Å². The molecule has 0 N–H and O–H groups in total. The zero-order chi connectivity index (χ0) is 21.6. The summed E-state index contributed by atoms with van der Waals surface area (Å²) in [5, 5.41) is 0. The summed E-state index contributed by atoms with van der Waals surface area (Å²) in [5.41, 5.74) is 0.305. The van der Waals surface area contributed by atoms with Crippen LogP contribution in [0.3, 0.4) is 0 Å². The van der Waals surface area contributed by atoms with Crippen LogP contribution >= 0.6 is 0 Å². The number of carbonyl (C=O) groups is 2. The molecule has 0 aliphatic rings. The quantitative estimate of drug-likeness (QED) is 0.604. The maximum atomic E-state index is 13.2. The fourth-order valence-corrected chi connectivity index (χ4v) is 4.22. The Balaban J connectivity index is 2.50. The van der Waals surface area contributed by atoms with Crippen molar-refractivity contribution in [1.82, 2.24) is 9.29 Å². The largest absolute Gasteiger partial charge is 0.468 e. The van der Waals surface area contributed by atoms with E-state index in [0.29, 0.717) is 5.56 Å². The molecule has 0 amide bonds. The molecule has 8 nitrogen and oxygen atoms in total. The molecule has 156 valence electrons. The summed E-state index contributed by atoms with van der Waals surface area (Å²) >= 11 is 0. The Morgan fingerprint density at radius 1 is 1.07 bits per heavy atom. The third kappa shape index (κ3) is 5.39. The first-order chi connectivity index (χ1) is 13.7. The van der Waals surface area contributed by atoms with Gasteiger partial charge >= 0.3 is 11.9 Å². The smallest absolute Gasteiger partial charge is 0.357 e. The molecular formula is C20H24N2O6S. The summed E-state index contributed by atoms with van der Waals surface area (Å²) in [4.78, 5) is 28.6. The van der Waals surface area contributed by atoms with Crippen LogP contribution in [-0.4, -0.2) is 48.9 Å². The predicted molar refractivity (Wildman–Crippen MR) is 105 cm³/mol. The second-order valence-electron chi connectivity index (χ2n) is 6.53. The van der Waals surface area contributed by atoms with Crippen LogP contribution in [0.1, 0.15) is 36.8 Å². The van der Waals surface area contributed by atoms with Crippen LogP contribution in [0.15, 0.2) is 53.6 Å². The maximum absolute atomic E-state index is 13.2. The number of esters is 2. The number of benzene rings is 1. The van der Waals surface area contributed by atoms with Crippen LogP contribution < -0.4 is 0 Å². The van der Waals surface area contributed by atoms with Crippen LogP contribution in [0, 0.1) is 0 Å². The minimum absolute atomic E-state index is 0.00784. The monoisotopic (exact) mass is 420 g/mol. The number of nitrogens with zero attached hydrogens (tertiary/aromatic N) is 2. The van der Waals surface area contributed by atoms with Crippen LogP contribution in [0.25, 0.3) is 0 Å². The van der Waals surface area contributed by atoms with E-state index >= 15 is 0 Å². The summed E-state index contributed by atoms with van der Waals surface area (Å²) in [6.45, 7) is 4.57. The van der Waals surface area contributed by atoms with Crippen molar-refractivity contribution >= 4 is 22.0 Å². The Hall–Kier alpha value is -2.78. The van der Waals surface area contributed by atoms with Crippen LogP contribution in [-0.2, 0) is 30.8 Å². The Morgan fingerprint density at radius 2 is 1.72 bits per heavy atom. The number of hydrogen-bond donors (Lipinski definition) is 0. The number of methoxy groups -OCH3 is 1. The van der Waals surface area contributed by atoms with E-state index in [9.17, 15) is 18.0 Å². The number of hydrogen-bond acceptors (Lipinski definition) is 7. The van der Waals surface area contributed by atoms with Gasteiger partial charge in [-0.25, -0.2) is 18.2 Å². The molecule has 1 aromatic carbocycles. The van der Waals surface area contributed by atoms with Gasteiger partial charge in [0, 0.05) is 18.3 Å². The van der Waals surface area contributed by atoms with Gasteiger partial charge in [-0.3, -0.25) is 4.79 Å². The van der Waals surface area contributed by atoms with Gasteiger partial charge in [-0.2, -0.15) is 4.31 Å². The first-order valence-corrected chi connectivity index (χ1v) is 10.4. The molecule has 0 aliphatic carbocycles. The molecule has 0 radical (unpaired) electrons. The molecule has 9 heteroatoms. The van der Waals surface area contributed by atoms with E-state index in [4.69, 9.17) is 9.47 Å². The summed E-state index contributed by atoms with van der Waals surface area (Å²) < 4.78 is 37.4. The normalized spacial score (nSPS) is 12.6. The zero-order valence-electron chi connectivity index (χ0n) is 16.7. The van der Waals surface area contributed by atoms with Crippen LogP contribution in [0.2, 0.25) is 0 Å². The molecule has 0 spiro atoms.